The lowest BCUT2D eigenvalue weighted by Gasteiger charge is -2.28. The molecule has 0 unspecified atom stereocenters. The number of para-hydroxylation sites is 1. The van der Waals surface area contributed by atoms with Crippen LogP contribution in [0.25, 0.3) is 63.3 Å². The van der Waals surface area contributed by atoms with E-state index in [0.717, 1.165) is 11.4 Å². The van der Waals surface area contributed by atoms with Crippen LogP contribution in [0.15, 0.2) is 152 Å². The molecule has 0 amide bonds. The van der Waals surface area contributed by atoms with E-state index >= 15 is 0 Å². The zero-order valence-corrected chi connectivity index (χ0v) is 23.6. The molecule has 9 aromatic rings. The van der Waals surface area contributed by atoms with E-state index in [-0.39, 0.29) is 0 Å². The van der Waals surface area contributed by atoms with Crippen LogP contribution in [-0.2, 0) is 0 Å². The number of nitrogens with zero attached hydrogens (tertiary/aromatic N) is 1. The van der Waals surface area contributed by atoms with E-state index < -0.39 is 0 Å². The minimum atomic E-state index is 1.15. The fraction of sp³-hybridized carbons (Fsp3) is 0. The van der Waals surface area contributed by atoms with Crippen LogP contribution in [0.2, 0.25) is 0 Å². The fourth-order valence-corrected chi connectivity index (χ4v) is 7.86. The molecule has 0 spiro atoms. The SMILES string of the molecule is c1ccc(N(c2ccc3c(c2)sc2ccccc23)c2cc3ccc4ccc5ccccc5c4c3c3ccccc23)cc1. The van der Waals surface area contributed by atoms with Crippen LogP contribution < -0.4 is 4.90 Å². The van der Waals surface area contributed by atoms with Gasteiger partial charge in [-0.15, -0.1) is 11.3 Å². The van der Waals surface area contributed by atoms with Gasteiger partial charge in [0.1, 0.15) is 0 Å². The first-order valence-electron chi connectivity index (χ1n) is 14.4. The molecular weight excluding hydrogens is 527 g/mol. The molecule has 1 aromatic heterocycles. The minimum absolute atomic E-state index is 1.15. The Morgan fingerprint density at radius 1 is 0.357 bits per heavy atom. The molecule has 0 radical (unpaired) electrons. The molecule has 0 saturated carbocycles. The van der Waals surface area contributed by atoms with Gasteiger partial charge in [-0.3, -0.25) is 0 Å². The molecule has 0 atom stereocenters. The third kappa shape index (κ3) is 3.49. The van der Waals surface area contributed by atoms with Gasteiger partial charge in [0.05, 0.1) is 5.69 Å². The number of rotatable bonds is 3. The second-order valence-electron chi connectivity index (χ2n) is 10.9. The molecule has 0 N–H and O–H groups in total. The van der Waals surface area contributed by atoms with Crippen molar-refractivity contribution in [2.75, 3.05) is 4.90 Å². The maximum absolute atomic E-state index is 2.43. The lowest BCUT2D eigenvalue weighted by atomic mass is 9.92. The van der Waals surface area contributed by atoms with Crippen molar-refractivity contribution in [2.24, 2.45) is 0 Å². The molecule has 0 aliphatic rings. The monoisotopic (exact) mass is 551 g/mol. The van der Waals surface area contributed by atoms with E-state index in [1.807, 2.05) is 11.3 Å². The first-order chi connectivity index (χ1) is 20.8. The molecule has 2 heteroatoms. The van der Waals surface area contributed by atoms with Crippen LogP contribution in [-0.4, -0.2) is 0 Å². The predicted octanol–water partition coefficient (Wildman–Crippen LogP) is 12.1. The molecule has 0 aliphatic carbocycles. The largest absolute Gasteiger partial charge is 0.310 e. The molecule has 1 heterocycles. The van der Waals surface area contributed by atoms with E-state index in [1.54, 1.807) is 0 Å². The number of fused-ring (bicyclic) bond motifs is 10. The quantitative estimate of drug-likeness (QED) is 0.197. The summed E-state index contributed by atoms with van der Waals surface area (Å²) in [5.41, 5.74) is 3.49. The standard InChI is InChI=1S/C40H25NS/c1-2-11-29(12-3-1)41(30-22-23-34-33-15-8-9-17-37(33)42-38(34)25-30)36-24-28-21-20-27-19-18-26-10-4-5-13-31(26)39(27)40(28)35-16-7-6-14-32(35)36/h1-25H. The summed E-state index contributed by atoms with van der Waals surface area (Å²) < 4.78 is 2.63. The number of hydrogen-bond donors (Lipinski definition) is 0. The van der Waals surface area contributed by atoms with E-state index in [0.29, 0.717) is 0 Å². The lowest BCUT2D eigenvalue weighted by Crippen LogP contribution is -2.10. The Morgan fingerprint density at radius 2 is 0.976 bits per heavy atom. The second-order valence-corrected chi connectivity index (χ2v) is 12.0. The molecule has 0 saturated heterocycles. The molecule has 0 bridgehead atoms. The first-order valence-corrected chi connectivity index (χ1v) is 15.2. The Labute approximate surface area is 247 Å². The van der Waals surface area contributed by atoms with E-state index in [1.165, 1.54) is 68.9 Å². The van der Waals surface area contributed by atoms with Crippen LogP contribution in [0.4, 0.5) is 17.1 Å². The van der Waals surface area contributed by atoms with Gasteiger partial charge in [-0.25, -0.2) is 0 Å². The fourth-order valence-electron chi connectivity index (χ4n) is 6.72. The number of anilines is 3. The summed E-state index contributed by atoms with van der Waals surface area (Å²) in [7, 11) is 0. The third-order valence-corrected chi connectivity index (χ3v) is 9.72. The Bertz CT molecular complexity index is 2470. The van der Waals surface area contributed by atoms with Gasteiger partial charge in [-0.2, -0.15) is 0 Å². The molecule has 1 nitrogen and oxygen atoms in total. The van der Waals surface area contributed by atoms with Gasteiger partial charge in [0.15, 0.2) is 0 Å². The molecule has 9 rings (SSSR count). The van der Waals surface area contributed by atoms with Gasteiger partial charge in [0, 0.05) is 36.9 Å². The van der Waals surface area contributed by atoms with Crippen molar-refractivity contribution in [1.82, 2.24) is 0 Å². The van der Waals surface area contributed by atoms with Gasteiger partial charge in [-0.1, -0.05) is 115 Å². The van der Waals surface area contributed by atoms with Crippen molar-refractivity contribution in [1.29, 1.82) is 0 Å². The highest BCUT2D eigenvalue weighted by atomic mass is 32.1. The molecule has 196 valence electrons. The van der Waals surface area contributed by atoms with Gasteiger partial charge in [-0.05, 0) is 74.1 Å². The third-order valence-electron chi connectivity index (χ3n) is 8.58. The summed E-state index contributed by atoms with van der Waals surface area (Å²) in [6.45, 7) is 0. The topological polar surface area (TPSA) is 3.24 Å². The molecule has 42 heavy (non-hydrogen) atoms. The highest BCUT2D eigenvalue weighted by Gasteiger charge is 2.19. The van der Waals surface area contributed by atoms with Gasteiger partial charge in [0.25, 0.3) is 0 Å². The van der Waals surface area contributed by atoms with Crippen LogP contribution in [0.1, 0.15) is 0 Å². The van der Waals surface area contributed by atoms with Gasteiger partial charge >= 0.3 is 0 Å². The van der Waals surface area contributed by atoms with E-state index in [2.05, 4.69) is 157 Å². The van der Waals surface area contributed by atoms with Crippen LogP contribution in [0, 0.1) is 0 Å². The van der Waals surface area contributed by atoms with Gasteiger partial charge in [0.2, 0.25) is 0 Å². The highest BCUT2D eigenvalue weighted by Crippen LogP contribution is 2.46. The maximum Gasteiger partial charge on any atom is 0.0546 e. The average Bonchev–Trinajstić information content (AvgIpc) is 3.43. The Balaban J connectivity index is 1.38. The van der Waals surface area contributed by atoms with Crippen molar-refractivity contribution < 1.29 is 0 Å². The van der Waals surface area contributed by atoms with Crippen molar-refractivity contribution in [2.45, 2.75) is 0 Å². The number of thiophene rings is 1. The maximum atomic E-state index is 2.43. The van der Waals surface area contributed by atoms with E-state index in [9.17, 15) is 0 Å². The van der Waals surface area contributed by atoms with Crippen molar-refractivity contribution in [3.8, 4) is 0 Å². The van der Waals surface area contributed by atoms with Crippen LogP contribution >= 0.6 is 11.3 Å². The summed E-state index contributed by atoms with van der Waals surface area (Å²) in [4.78, 5) is 2.43. The second kappa shape index (κ2) is 9.17. The van der Waals surface area contributed by atoms with Crippen LogP contribution in [0.5, 0.6) is 0 Å². The summed E-state index contributed by atoms with van der Waals surface area (Å²) in [6, 6.07) is 55.5. The Hall–Kier alpha value is -5.18. The van der Waals surface area contributed by atoms with E-state index in [4.69, 9.17) is 0 Å². The van der Waals surface area contributed by atoms with Crippen molar-refractivity contribution in [3.05, 3.63) is 152 Å². The Morgan fingerprint density at radius 3 is 1.83 bits per heavy atom. The summed E-state index contributed by atoms with van der Waals surface area (Å²) >= 11 is 1.87. The Kier molecular flexibility index (Phi) is 5.13. The average molecular weight is 552 g/mol. The number of hydrogen-bond acceptors (Lipinski definition) is 2. The van der Waals surface area contributed by atoms with Gasteiger partial charge < -0.3 is 4.90 Å². The minimum Gasteiger partial charge on any atom is -0.310 e. The smallest absolute Gasteiger partial charge is 0.0546 e. The molecule has 0 fully saturated rings. The summed E-state index contributed by atoms with van der Waals surface area (Å²) in [5, 5.41) is 12.9. The normalized spacial score (nSPS) is 11.8. The lowest BCUT2D eigenvalue weighted by molar-refractivity contribution is 1.31. The zero-order chi connectivity index (χ0) is 27.6. The van der Waals surface area contributed by atoms with Crippen LogP contribution in [0.3, 0.4) is 0 Å². The molecule has 0 aliphatic heterocycles. The zero-order valence-electron chi connectivity index (χ0n) is 22.8. The van der Waals surface area contributed by atoms with Crippen molar-refractivity contribution >= 4 is 91.7 Å². The predicted molar refractivity (Wildman–Crippen MR) is 184 cm³/mol. The summed E-state index contributed by atoms with van der Waals surface area (Å²) in [5.74, 6) is 0. The highest BCUT2D eigenvalue weighted by molar-refractivity contribution is 7.25. The molecule has 8 aromatic carbocycles. The summed E-state index contributed by atoms with van der Waals surface area (Å²) in [6.07, 6.45) is 0. The van der Waals surface area contributed by atoms with Crippen molar-refractivity contribution in [3.63, 3.8) is 0 Å². The molecular formula is C40H25NS. The first kappa shape index (κ1) is 23.5. The number of benzene rings is 8.